The van der Waals surface area contributed by atoms with Crippen molar-refractivity contribution in [2.45, 2.75) is 25.1 Å². The molecule has 3 atom stereocenters. The molecule has 1 aliphatic heterocycles. The van der Waals surface area contributed by atoms with Gasteiger partial charge in [-0.1, -0.05) is 0 Å². The van der Waals surface area contributed by atoms with E-state index in [4.69, 9.17) is 9.15 Å². The summed E-state index contributed by atoms with van der Waals surface area (Å²) in [5.41, 5.74) is -0.528. The van der Waals surface area contributed by atoms with Crippen LogP contribution in [0.25, 0.3) is 0 Å². The van der Waals surface area contributed by atoms with Crippen molar-refractivity contribution in [2.24, 2.45) is 0 Å². The first-order chi connectivity index (χ1) is 13.6. The van der Waals surface area contributed by atoms with Crippen molar-refractivity contribution >= 4 is 15.6 Å². The molecule has 2 heterocycles. The Morgan fingerprint density at radius 2 is 1.93 bits per heavy atom. The van der Waals surface area contributed by atoms with Crippen LogP contribution in [0.5, 0.6) is 11.5 Å². The monoisotopic (exact) mass is 423 g/mol. The van der Waals surface area contributed by atoms with Crippen LogP contribution in [0.3, 0.4) is 0 Å². The van der Waals surface area contributed by atoms with Crippen molar-refractivity contribution in [3.63, 3.8) is 0 Å². The number of hydrogen-bond acceptors (Lipinski definition) is 9. The van der Waals surface area contributed by atoms with Crippen LogP contribution in [0.4, 0.5) is 0 Å². The average Bonchev–Trinajstić information content (AvgIpc) is 2.93. The lowest BCUT2D eigenvalue weighted by Crippen LogP contribution is -2.44. The van der Waals surface area contributed by atoms with Crippen molar-refractivity contribution in [3.8, 4) is 11.5 Å². The molecule has 0 spiro atoms. The van der Waals surface area contributed by atoms with Gasteiger partial charge in [0.1, 0.15) is 17.6 Å². The van der Waals surface area contributed by atoms with E-state index in [1.807, 2.05) is 0 Å². The molecule has 0 amide bonds. The summed E-state index contributed by atoms with van der Waals surface area (Å²) in [7, 11) is -2.02. The lowest BCUT2D eigenvalue weighted by atomic mass is 9.99. The number of benzene rings is 1. The largest absolute Gasteiger partial charge is 0.502 e. The van der Waals surface area contributed by atoms with Crippen LogP contribution >= 0.6 is 0 Å². The molecule has 0 saturated carbocycles. The summed E-state index contributed by atoms with van der Waals surface area (Å²) in [5.74, 6) is -1.83. The highest BCUT2D eigenvalue weighted by Crippen LogP contribution is 2.28. The second kappa shape index (κ2) is 7.97. The summed E-state index contributed by atoms with van der Waals surface area (Å²) < 4.78 is 34.2. The zero-order chi connectivity index (χ0) is 21.3. The number of ether oxygens (including phenoxy) is 1. The van der Waals surface area contributed by atoms with Crippen molar-refractivity contribution in [3.05, 3.63) is 57.6 Å². The Bertz CT molecular complexity index is 1070. The molecule has 2 aromatic rings. The van der Waals surface area contributed by atoms with Gasteiger partial charge in [0.05, 0.1) is 24.7 Å². The standard InChI is InChI=1S/C19H21NO8S/c1-10-7-14(21)18(24)19(28-10)16(20-13-8-29(25,26)9-15(13)22)17(23)11-3-5-12(27-2)6-4-11/h3-7,13,15-16,20,22,24H,8-9H2,1-2H3/t13-,15+,16?/m0/s1. The minimum atomic E-state index is -3.49. The number of sulfone groups is 1. The van der Waals surface area contributed by atoms with E-state index in [9.17, 15) is 28.2 Å². The van der Waals surface area contributed by atoms with Gasteiger partial charge in [0, 0.05) is 17.7 Å². The zero-order valence-corrected chi connectivity index (χ0v) is 16.6. The second-order valence-electron chi connectivity index (χ2n) is 6.88. The molecule has 1 fully saturated rings. The average molecular weight is 423 g/mol. The van der Waals surface area contributed by atoms with Crippen LogP contribution in [0.2, 0.25) is 0 Å². The number of nitrogens with one attached hydrogen (secondary N) is 1. The molecule has 0 radical (unpaired) electrons. The number of methoxy groups -OCH3 is 1. The van der Waals surface area contributed by atoms with E-state index in [0.29, 0.717) is 5.75 Å². The Hall–Kier alpha value is -2.69. The minimum Gasteiger partial charge on any atom is -0.502 e. The predicted octanol–water partition coefficient (Wildman–Crippen LogP) is 0.334. The molecule has 1 aromatic heterocycles. The molecular weight excluding hydrogens is 402 g/mol. The molecule has 10 heteroatoms. The molecule has 1 saturated heterocycles. The number of carbonyl (C=O) groups is 1. The Balaban J connectivity index is 2.04. The van der Waals surface area contributed by atoms with Gasteiger partial charge in [0.25, 0.3) is 0 Å². The highest BCUT2D eigenvalue weighted by Gasteiger charge is 2.40. The first-order valence-corrected chi connectivity index (χ1v) is 10.6. The van der Waals surface area contributed by atoms with E-state index in [0.717, 1.165) is 6.07 Å². The first-order valence-electron chi connectivity index (χ1n) is 8.77. The topological polar surface area (TPSA) is 143 Å². The second-order valence-corrected chi connectivity index (χ2v) is 9.03. The minimum absolute atomic E-state index is 0.164. The summed E-state index contributed by atoms with van der Waals surface area (Å²) in [5, 5.41) is 23.1. The number of Topliss-reactive ketones (excluding diaryl/α,β-unsaturated/α-hetero) is 1. The van der Waals surface area contributed by atoms with Gasteiger partial charge >= 0.3 is 0 Å². The Morgan fingerprint density at radius 3 is 2.48 bits per heavy atom. The molecule has 3 N–H and O–H groups in total. The molecule has 1 unspecified atom stereocenters. The van der Waals surface area contributed by atoms with Gasteiger partial charge in [-0.05, 0) is 31.2 Å². The number of aromatic hydroxyl groups is 1. The third kappa shape index (κ3) is 4.50. The smallest absolute Gasteiger partial charge is 0.227 e. The third-order valence-electron chi connectivity index (χ3n) is 4.67. The number of aliphatic hydroxyl groups is 1. The maximum atomic E-state index is 13.2. The normalized spacial score (nSPS) is 21.6. The fraction of sp³-hybridized carbons (Fsp3) is 0.368. The van der Waals surface area contributed by atoms with Gasteiger partial charge in [-0.25, -0.2) is 8.42 Å². The van der Waals surface area contributed by atoms with Crippen molar-refractivity contribution in [2.75, 3.05) is 18.6 Å². The molecule has 1 aliphatic rings. The highest BCUT2D eigenvalue weighted by molar-refractivity contribution is 7.91. The van der Waals surface area contributed by atoms with E-state index < -0.39 is 56.5 Å². The van der Waals surface area contributed by atoms with E-state index in [-0.39, 0.29) is 17.1 Å². The number of hydrogen-bond donors (Lipinski definition) is 3. The fourth-order valence-electron chi connectivity index (χ4n) is 3.22. The molecule has 0 aliphatic carbocycles. The van der Waals surface area contributed by atoms with Crippen LogP contribution in [-0.2, 0) is 9.84 Å². The number of carbonyl (C=O) groups excluding carboxylic acids is 1. The maximum Gasteiger partial charge on any atom is 0.227 e. The van der Waals surface area contributed by atoms with Crippen molar-refractivity contribution in [1.29, 1.82) is 0 Å². The molecule has 3 rings (SSSR count). The van der Waals surface area contributed by atoms with Gasteiger partial charge in [-0.3, -0.25) is 14.9 Å². The summed E-state index contributed by atoms with van der Waals surface area (Å²) in [6, 6.07) is 4.81. The first kappa shape index (κ1) is 21.0. The molecular formula is C19H21NO8S. The van der Waals surface area contributed by atoms with Gasteiger partial charge in [-0.15, -0.1) is 0 Å². The van der Waals surface area contributed by atoms with E-state index in [1.54, 1.807) is 12.1 Å². The van der Waals surface area contributed by atoms with Gasteiger partial charge in [0.2, 0.25) is 11.2 Å². The van der Waals surface area contributed by atoms with Crippen LogP contribution < -0.4 is 15.5 Å². The van der Waals surface area contributed by atoms with E-state index in [1.165, 1.54) is 26.2 Å². The van der Waals surface area contributed by atoms with Crippen molar-refractivity contribution in [1.82, 2.24) is 5.32 Å². The maximum absolute atomic E-state index is 13.2. The molecule has 0 bridgehead atoms. The van der Waals surface area contributed by atoms with Gasteiger partial charge < -0.3 is 19.4 Å². The number of aliphatic hydroxyl groups excluding tert-OH is 1. The zero-order valence-electron chi connectivity index (χ0n) is 15.8. The number of aryl methyl sites for hydroxylation is 1. The van der Waals surface area contributed by atoms with Crippen LogP contribution in [0.15, 0.2) is 39.5 Å². The summed E-state index contributed by atoms with van der Waals surface area (Å²) >= 11 is 0. The lowest BCUT2D eigenvalue weighted by Gasteiger charge is -2.23. The Labute approximate surface area is 166 Å². The third-order valence-corrected chi connectivity index (χ3v) is 6.39. The van der Waals surface area contributed by atoms with Crippen molar-refractivity contribution < 1.29 is 32.6 Å². The molecule has 29 heavy (non-hydrogen) atoms. The predicted molar refractivity (Wildman–Crippen MR) is 103 cm³/mol. The summed E-state index contributed by atoms with van der Waals surface area (Å²) in [6.07, 6.45) is -1.25. The summed E-state index contributed by atoms with van der Waals surface area (Å²) in [4.78, 5) is 25.2. The van der Waals surface area contributed by atoms with Crippen LogP contribution in [0, 0.1) is 6.92 Å². The van der Waals surface area contributed by atoms with E-state index >= 15 is 0 Å². The number of ketones is 1. The quantitative estimate of drug-likeness (QED) is 0.560. The highest BCUT2D eigenvalue weighted by atomic mass is 32.2. The number of rotatable bonds is 6. The van der Waals surface area contributed by atoms with E-state index in [2.05, 4.69) is 5.32 Å². The SMILES string of the molecule is COc1ccc(C(=O)C(N[C@H]2CS(=O)(=O)C[C@H]2O)c2oc(C)cc(=O)c2O)cc1. The molecule has 1 aromatic carbocycles. The summed E-state index contributed by atoms with van der Waals surface area (Å²) in [6.45, 7) is 1.48. The Kier molecular flexibility index (Phi) is 5.78. The van der Waals surface area contributed by atoms with Gasteiger partial charge in [-0.2, -0.15) is 0 Å². The van der Waals surface area contributed by atoms with Crippen LogP contribution in [-0.4, -0.2) is 55.2 Å². The Morgan fingerprint density at radius 1 is 1.28 bits per heavy atom. The molecule has 156 valence electrons. The fourth-order valence-corrected chi connectivity index (χ4v) is 4.97. The van der Waals surface area contributed by atoms with Gasteiger partial charge in [0.15, 0.2) is 21.4 Å². The van der Waals surface area contributed by atoms with Crippen LogP contribution in [0.1, 0.15) is 27.9 Å². The lowest BCUT2D eigenvalue weighted by molar-refractivity contribution is 0.0892. The molecule has 9 nitrogen and oxygen atoms in total.